The first kappa shape index (κ1) is 45.7. The summed E-state index contributed by atoms with van der Waals surface area (Å²) in [6.45, 7) is 7.70. The van der Waals surface area contributed by atoms with Gasteiger partial charge in [-0.3, -0.25) is 9.59 Å². The number of hydrogen-bond donors (Lipinski definition) is 6. The standard InChI is InChI=1S/C48H52F6N8O6/c1-23-5-13-33(61(23)39(63)35(59-41(65)66)43-17-45(18-43,19-43)47(49,50)51)37-55-15-31(57-37)28-9-7-27(8-10-28)29-11-12-30(26(4)25(29)3)32-16-56-38(58-32)34-14-6-24(2)62(34)40(64)36(60-42(67)68)44-20-46(21-44,22-44)48(52,53)54/h7-12,15-16,23-24,33-36,59-60H,5-6,13-14,17-22H2,1-4H3,(H,55,57)(H,56,58)(H,65,66)(H,67,68)/t23-,24-,33-,34-,35+,36+,43?,44?,45?,46?/m0/s1. The zero-order valence-corrected chi connectivity index (χ0v) is 37.7. The van der Waals surface area contributed by atoms with Crippen LogP contribution in [0.25, 0.3) is 33.6 Å². The Morgan fingerprint density at radius 2 is 1.00 bits per heavy atom. The number of rotatable bonds is 11. The number of H-pyrrole nitrogens is 2. The SMILES string of the molecule is Cc1c(-c2ccc(-c3cnc([C@@H]4CC[C@H](C)N4C(=O)[C@@H](NC(=O)O)C45CC(C(F)(F)F)(C4)C5)[nH]3)cc2)ccc(-c2cnc([C@@H]3CC[C@H](C)N3C(=O)[C@@H](NC(=O)O)C34CC(C(F)(F)F)(C3)C4)[nH]2)c1C. The maximum Gasteiger partial charge on any atom is 0.405 e. The molecule has 4 amide bonds. The molecule has 20 heteroatoms. The maximum absolute atomic E-state index is 14.2. The van der Waals surface area contributed by atoms with Crippen molar-refractivity contribution in [2.45, 2.75) is 141 Å². The summed E-state index contributed by atoms with van der Waals surface area (Å²) in [5, 5.41) is 23.8. The van der Waals surface area contributed by atoms with E-state index in [9.17, 15) is 55.7 Å². The largest absolute Gasteiger partial charge is 0.465 e. The van der Waals surface area contributed by atoms with E-state index in [2.05, 4.69) is 30.6 Å². The molecule has 14 nitrogen and oxygen atoms in total. The van der Waals surface area contributed by atoms with Gasteiger partial charge in [-0.05, 0) is 120 Å². The Morgan fingerprint density at radius 1 is 0.618 bits per heavy atom. The van der Waals surface area contributed by atoms with Gasteiger partial charge >= 0.3 is 24.5 Å². The summed E-state index contributed by atoms with van der Waals surface area (Å²) in [7, 11) is 0. The average molecular weight is 951 g/mol. The first-order chi connectivity index (χ1) is 31.9. The molecule has 0 unspecified atom stereocenters. The minimum atomic E-state index is -4.41. The lowest BCUT2D eigenvalue weighted by Gasteiger charge is -2.72. The number of carboxylic acid groups (broad SMARTS) is 2. The molecule has 6 aliphatic carbocycles. The van der Waals surface area contributed by atoms with Crippen LogP contribution in [0.3, 0.4) is 0 Å². The van der Waals surface area contributed by atoms with Crippen LogP contribution in [0.2, 0.25) is 0 Å². The monoisotopic (exact) mass is 950 g/mol. The highest BCUT2D eigenvalue weighted by Gasteiger charge is 2.82. The van der Waals surface area contributed by atoms with Crippen LogP contribution in [0.15, 0.2) is 48.8 Å². The highest BCUT2D eigenvalue weighted by Crippen LogP contribution is 2.80. The molecule has 12 rings (SSSR count). The lowest BCUT2D eigenvalue weighted by atomic mass is 9.32. The van der Waals surface area contributed by atoms with Gasteiger partial charge in [-0.1, -0.05) is 36.4 Å². The topological polar surface area (TPSA) is 197 Å². The molecule has 4 aromatic rings. The molecule has 2 aliphatic heterocycles. The number of likely N-dealkylation sites (tertiary alicyclic amines) is 2. The molecule has 2 aromatic carbocycles. The molecular weight excluding hydrogens is 899 g/mol. The summed E-state index contributed by atoms with van der Waals surface area (Å²) in [5.74, 6) is -0.0767. The molecule has 6 N–H and O–H groups in total. The van der Waals surface area contributed by atoms with Crippen molar-refractivity contribution in [1.82, 2.24) is 40.4 Å². The fourth-order valence-electron chi connectivity index (χ4n) is 13.2. The van der Waals surface area contributed by atoms with E-state index in [0.717, 1.165) is 33.4 Å². The van der Waals surface area contributed by atoms with Gasteiger partial charge in [0.1, 0.15) is 23.7 Å². The van der Waals surface area contributed by atoms with Gasteiger partial charge in [0.2, 0.25) is 11.8 Å². The van der Waals surface area contributed by atoms with Crippen molar-refractivity contribution in [2.24, 2.45) is 21.7 Å². The van der Waals surface area contributed by atoms with E-state index >= 15 is 0 Å². The third-order valence-electron chi connectivity index (χ3n) is 16.9. The third kappa shape index (κ3) is 6.80. The Morgan fingerprint density at radius 3 is 1.43 bits per heavy atom. The smallest absolute Gasteiger partial charge is 0.405 e. The lowest BCUT2D eigenvalue weighted by molar-refractivity contribution is -0.367. The van der Waals surface area contributed by atoms with Crippen LogP contribution < -0.4 is 10.6 Å². The van der Waals surface area contributed by atoms with Crippen molar-refractivity contribution < 1.29 is 55.7 Å². The summed E-state index contributed by atoms with van der Waals surface area (Å²) in [4.78, 5) is 71.2. The number of alkyl halides is 6. The summed E-state index contributed by atoms with van der Waals surface area (Å²) in [5.41, 5.74) is 1.13. The van der Waals surface area contributed by atoms with Crippen LogP contribution in [-0.2, 0) is 9.59 Å². The summed E-state index contributed by atoms with van der Waals surface area (Å²) in [6.07, 6.45) is -7.81. The Bertz CT molecular complexity index is 2690. The fraction of sp³-hybridized carbons (Fsp3) is 0.542. The molecule has 0 spiro atoms. The van der Waals surface area contributed by atoms with E-state index in [1.165, 1.54) is 0 Å². The van der Waals surface area contributed by atoms with Gasteiger partial charge in [-0.15, -0.1) is 0 Å². The van der Waals surface area contributed by atoms with Gasteiger partial charge < -0.3 is 40.6 Å². The quantitative estimate of drug-likeness (QED) is 0.0800. The van der Waals surface area contributed by atoms with Gasteiger partial charge in [-0.25, -0.2) is 19.6 Å². The minimum Gasteiger partial charge on any atom is -0.465 e. The predicted molar refractivity (Wildman–Crippen MR) is 233 cm³/mol. The number of nitrogens with zero attached hydrogens (tertiary/aromatic N) is 4. The fourth-order valence-corrected chi connectivity index (χ4v) is 13.2. The van der Waals surface area contributed by atoms with Crippen LogP contribution >= 0.6 is 0 Å². The highest BCUT2D eigenvalue weighted by molar-refractivity contribution is 5.89. The van der Waals surface area contributed by atoms with E-state index in [1.807, 2.05) is 64.1 Å². The van der Waals surface area contributed by atoms with E-state index in [0.29, 0.717) is 48.7 Å². The van der Waals surface area contributed by atoms with Crippen molar-refractivity contribution >= 4 is 24.0 Å². The molecule has 6 atom stereocenters. The van der Waals surface area contributed by atoms with Crippen molar-refractivity contribution in [3.05, 3.63) is 71.6 Å². The number of aromatic amines is 2. The highest BCUT2D eigenvalue weighted by atomic mass is 19.4. The zero-order valence-electron chi connectivity index (χ0n) is 37.7. The summed E-state index contributed by atoms with van der Waals surface area (Å²) < 4.78 is 82.3. The van der Waals surface area contributed by atoms with E-state index in [4.69, 9.17) is 0 Å². The molecule has 68 heavy (non-hydrogen) atoms. The van der Waals surface area contributed by atoms with Crippen LogP contribution in [0.4, 0.5) is 35.9 Å². The van der Waals surface area contributed by atoms with Crippen LogP contribution in [-0.4, -0.2) is 100 Å². The molecule has 4 heterocycles. The Hall–Kier alpha value is -6.08. The number of imidazole rings is 2. The van der Waals surface area contributed by atoms with Crippen LogP contribution in [0, 0.1) is 35.5 Å². The van der Waals surface area contributed by atoms with Gasteiger partial charge in [0.15, 0.2) is 0 Å². The third-order valence-corrected chi connectivity index (χ3v) is 16.9. The van der Waals surface area contributed by atoms with E-state index in [1.54, 1.807) is 22.2 Å². The van der Waals surface area contributed by atoms with Crippen LogP contribution in [0.5, 0.6) is 0 Å². The Balaban J connectivity index is 0.828. The molecule has 2 aromatic heterocycles. The Kier molecular flexibility index (Phi) is 10.2. The molecule has 8 aliphatic rings. The van der Waals surface area contributed by atoms with Crippen molar-refractivity contribution in [1.29, 1.82) is 0 Å². The van der Waals surface area contributed by atoms with Gasteiger partial charge in [-0.2, -0.15) is 26.3 Å². The number of carbonyl (C=O) groups excluding carboxylic acids is 2. The molecule has 4 bridgehead atoms. The normalized spacial score (nSPS) is 31.2. The molecule has 0 radical (unpaired) electrons. The van der Waals surface area contributed by atoms with Crippen molar-refractivity contribution in [3.8, 4) is 33.6 Å². The van der Waals surface area contributed by atoms with Gasteiger partial charge in [0, 0.05) is 28.5 Å². The number of benzene rings is 2. The second-order valence-electron chi connectivity index (χ2n) is 20.8. The second-order valence-corrected chi connectivity index (χ2v) is 20.8. The second kappa shape index (κ2) is 15.2. The lowest BCUT2D eigenvalue weighted by Crippen LogP contribution is -2.76. The molecule has 6 saturated carbocycles. The predicted octanol–water partition coefficient (Wildman–Crippen LogP) is 9.59. The molecular formula is C48H52F6N8O6. The average Bonchev–Trinajstić information content (AvgIpc) is 4.01. The number of carbonyl (C=O) groups is 4. The molecule has 8 fully saturated rings. The number of nitrogens with one attached hydrogen (secondary N) is 4. The number of halogens is 6. The van der Waals surface area contributed by atoms with Gasteiger partial charge in [0.25, 0.3) is 0 Å². The number of amides is 4. The summed E-state index contributed by atoms with van der Waals surface area (Å²) >= 11 is 0. The van der Waals surface area contributed by atoms with E-state index < -0.39 is 82.2 Å². The van der Waals surface area contributed by atoms with Crippen molar-refractivity contribution in [2.75, 3.05) is 0 Å². The number of hydrogen-bond acceptors (Lipinski definition) is 6. The summed E-state index contributed by atoms with van der Waals surface area (Å²) in [6, 6.07) is 7.58. The number of aromatic nitrogens is 4. The van der Waals surface area contributed by atoms with Crippen LogP contribution in [0.1, 0.15) is 113 Å². The first-order valence-corrected chi connectivity index (χ1v) is 23.0. The van der Waals surface area contributed by atoms with E-state index in [-0.39, 0.29) is 50.6 Å². The zero-order chi connectivity index (χ0) is 48.7. The van der Waals surface area contributed by atoms with Gasteiger partial charge in [0.05, 0.1) is 46.7 Å². The first-order valence-electron chi connectivity index (χ1n) is 23.0. The van der Waals surface area contributed by atoms with Crippen molar-refractivity contribution in [3.63, 3.8) is 0 Å². The Labute approximate surface area is 386 Å². The minimum absolute atomic E-state index is 0.282. The maximum atomic E-state index is 14.2. The molecule has 362 valence electrons. The molecule has 2 saturated heterocycles.